The molecule has 0 heterocycles. The summed E-state index contributed by atoms with van der Waals surface area (Å²) in [4.78, 5) is 4.26. The molecule has 154 valence electrons. The Balaban J connectivity index is 0.00000364. The lowest BCUT2D eigenvalue weighted by Gasteiger charge is -2.24. The maximum atomic E-state index is 9.97. The van der Waals surface area contributed by atoms with Crippen molar-refractivity contribution in [2.75, 3.05) is 27.3 Å². The van der Waals surface area contributed by atoms with Crippen LogP contribution in [0.4, 0.5) is 0 Å². The number of rotatable bonds is 9. The van der Waals surface area contributed by atoms with Gasteiger partial charge in [-0.15, -0.1) is 24.0 Å². The Hall–Kier alpha value is -1.22. The fraction of sp³-hybridized carbons (Fsp3) is 0.650. The van der Waals surface area contributed by atoms with E-state index >= 15 is 0 Å². The van der Waals surface area contributed by atoms with Gasteiger partial charge in [-0.25, -0.2) is 0 Å². The monoisotopic (exact) mass is 491 g/mol. The maximum Gasteiger partial charge on any atom is 0.191 e. The van der Waals surface area contributed by atoms with Crippen LogP contribution in [0.3, 0.4) is 0 Å². The molecule has 1 fully saturated rings. The number of phenols is 1. The summed E-state index contributed by atoms with van der Waals surface area (Å²) in [5.74, 6) is 2.37. The molecule has 1 aromatic rings. The Morgan fingerprint density at radius 3 is 2.67 bits per heavy atom. The summed E-state index contributed by atoms with van der Waals surface area (Å²) in [6.07, 6.45) is 6.53. The van der Waals surface area contributed by atoms with Crippen LogP contribution in [0.2, 0.25) is 0 Å². The summed E-state index contributed by atoms with van der Waals surface area (Å²) in [6, 6.07) is 5.20. The van der Waals surface area contributed by atoms with Gasteiger partial charge in [0.15, 0.2) is 5.96 Å². The van der Waals surface area contributed by atoms with Crippen molar-refractivity contribution in [3.05, 3.63) is 23.8 Å². The van der Waals surface area contributed by atoms with E-state index in [-0.39, 0.29) is 29.7 Å². The molecule has 27 heavy (non-hydrogen) atoms. The average molecular weight is 491 g/mol. The number of aromatic hydroxyl groups is 1. The molecule has 0 radical (unpaired) electrons. The quantitative estimate of drug-likeness (QED) is 0.279. The SMILES string of the molecule is CCOC(CCNC(=NC)NCc1cc(OC)ccc1O)C1CCCC1.I. The molecule has 0 amide bonds. The van der Waals surface area contributed by atoms with Crippen molar-refractivity contribution in [2.24, 2.45) is 10.9 Å². The van der Waals surface area contributed by atoms with Gasteiger partial charge in [0.05, 0.1) is 13.2 Å². The zero-order valence-electron chi connectivity index (χ0n) is 16.7. The highest BCUT2D eigenvalue weighted by Gasteiger charge is 2.25. The first-order chi connectivity index (χ1) is 12.7. The predicted octanol–water partition coefficient (Wildman–Crippen LogP) is 3.67. The summed E-state index contributed by atoms with van der Waals surface area (Å²) in [7, 11) is 3.36. The Morgan fingerprint density at radius 2 is 2.04 bits per heavy atom. The largest absolute Gasteiger partial charge is 0.508 e. The van der Waals surface area contributed by atoms with E-state index in [1.54, 1.807) is 26.3 Å². The van der Waals surface area contributed by atoms with Gasteiger partial charge in [-0.2, -0.15) is 0 Å². The lowest BCUT2D eigenvalue weighted by atomic mass is 9.98. The molecule has 1 unspecified atom stereocenters. The van der Waals surface area contributed by atoms with Crippen molar-refractivity contribution < 1.29 is 14.6 Å². The summed E-state index contributed by atoms with van der Waals surface area (Å²) >= 11 is 0. The van der Waals surface area contributed by atoms with E-state index in [2.05, 4.69) is 22.5 Å². The van der Waals surface area contributed by atoms with Crippen LogP contribution in [-0.2, 0) is 11.3 Å². The molecule has 0 aromatic heterocycles. The fourth-order valence-corrected chi connectivity index (χ4v) is 3.56. The zero-order chi connectivity index (χ0) is 18.8. The molecule has 0 bridgehead atoms. The standard InChI is InChI=1S/C20H33N3O3.HI/c1-4-26-19(15-7-5-6-8-15)11-12-22-20(21-2)23-14-16-13-17(25-3)9-10-18(16)24;/h9-10,13,15,19,24H,4-8,11-12,14H2,1-3H3,(H2,21,22,23);1H. The van der Waals surface area contributed by atoms with Crippen LogP contribution in [0.1, 0.15) is 44.6 Å². The number of phenolic OH excluding ortho intramolecular Hbond substituents is 1. The Bertz CT molecular complexity index is 578. The minimum absolute atomic E-state index is 0. The third-order valence-electron chi connectivity index (χ3n) is 4.98. The number of benzene rings is 1. The second-order valence-electron chi connectivity index (χ2n) is 6.67. The number of nitrogens with one attached hydrogen (secondary N) is 2. The molecule has 1 atom stereocenters. The number of hydrogen-bond acceptors (Lipinski definition) is 4. The third-order valence-corrected chi connectivity index (χ3v) is 4.98. The molecule has 1 saturated carbocycles. The average Bonchev–Trinajstić information content (AvgIpc) is 3.19. The van der Waals surface area contributed by atoms with Gasteiger partial charge in [0.2, 0.25) is 0 Å². The van der Waals surface area contributed by atoms with Gasteiger partial charge in [0.25, 0.3) is 0 Å². The lowest BCUT2D eigenvalue weighted by Crippen LogP contribution is -2.39. The van der Waals surface area contributed by atoms with Crippen LogP contribution < -0.4 is 15.4 Å². The number of halogens is 1. The predicted molar refractivity (Wildman–Crippen MR) is 120 cm³/mol. The molecule has 0 saturated heterocycles. The summed E-state index contributed by atoms with van der Waals surface area (Å²) < 4.78 is 11.2. The lowest BCUT2D eigenvalue weighted by molar-refractivity contribution is 0.0169. The van der Waals surface area contributed by atoms with Crippen LogP contribution in [-0.4, -0.2) is 44.5 Å². The minimum Gasteiger partial charge on any atom is -0.508 e. The first-order valence-corrected chi connectivity index (χ1v) is 9.60. The summed E-state index contributed by atoms with van der Waals surface area (Å²) in [5.41, 5.74) is 0.769. The van der Waals surface area contributed by atoms with Gasteiger partial charge in [-0.3, -0.25) is 4.99 Å². The van der Waals surface area contributed by atoms with Crippen molar-refractivity contribution >= 4 is 29.9 Å². The molecule has 3 N–H and O–H groups in total. The van der Waals surface area contributed by atoms with E-state index < -0.39 is 0 Å². The van der Waals surface area contributed by atoms with Gasteiger partial charge in [-0.1, -0.05) is 12.8 Å². The fourth-order valence-electron chi connectivity index (χ4n) is 3.56. The summed E-state index contributed by atoms with van der Waals surface area (Å²) in [5, 5.41) is 16.6. The van der Waals surface area contributed by atoms with Crippen LogP contribution in [0.5, 0.6) is 11.5 Å². The van der Waals surface area contributed by atoms with Gasteiger partial charge in [-0.05, 0) is 50.3 Å². The molecule has 6 nitrogen and oxygen atoms in total. The molecule has 2 rings (SSSR count). The van der Waals surface area contributed by atoms with Crippen molar-refractivity contribution in [3.8, 4) is 11.5 Å². The van der Waals surface area contributed by atoms with E-state index in [0.29, 0.717) is 24.5 Å². The maximum absolute atomic E-state index is 9.97. The van der Waals surface area contributed by atoms with Crippen molar-refractivity contribution in [1.29, 1.82) is 0 Å². The number of guanidine groups is 1. The zero-order valence-corrected chi connectivity index (χ0v) is 19.0. The van der Waals surface area contributed by atoms with Crippen LogP contribution in [0.15, 0.2) is 23.2 Å². The molecule has 0 spiro atoms. The second-order valence-corrected chi connectivity index (χ2v) is 6.67. The summed E-state index contributed by atoms with van der Waals surface area (Å²) in [6.45, 7) is 4.12. The highest BCUT2D eigenvalue weighted by Crippen LogP contribution is 2.30. The second kappa shape index (κ2) is 13.0. The van der Waals surface area contributed by atoms with Crippen LogP contribution >= 0.6 is 24.0 Å². The topological polar surface area (TPSA) is 75.1 Å². The highest BCUT2D eigenvalue weighted by atomic mass is 127. The molecule has 1 aliphatic rings. The van der Waals surface area contributed by atoms with E-state index in [1.165, 1.54) is 25.7 Å². The van der Waals surface area contributed by atoms with Gasteiger partial charge < -0.3 is 25.2 Å². The van der Waals surface area contributed by atoms with Crippen molar-refractivity contribution in [1.82, 2.24) is 10.6 Å². The van der Waals surface area contributed by atoms with E-state index in [0.717, 1.165) is 30.9 Å². The van der Waals surface area contributed by atoms with Crippen LogP contribution in [0, 0.1) is 5.92 Å². The molecule has 1 aliphatic carbocycles. The van der Waals surface area contributed by atoms with Gasteiger partial charge in [0, 0.05) is 32.3 Å². The van der Waals surface area contributed by atoms with E-state index in [9.17, 15) is 5.11 Å². The Labute approximate surface area is 180 Å². The molecular formula is C20H34IN3O3. The van der Waals surface area contributed by atoms with E-state index in [1.807, 2.05) is 6.07 Å². The minimum atomic E-state index is 0. The number of methoxy groups -OCH3 is 1. The van der Waals surface area contributed by atoms with Crippen molar-refractivity contribution in [3.63, 3.8) is 0 Å². The molecule has 0 aliphatic heterocycles. The first kappa shape index (κ1) is 23.8. The third kappa shape index (κ3) is 7.73. The van der Waals surface area contributed by atoms with Crippen molar-refractivity contribution in [2.45, 2.75) is 51.7 Å². The smallest absolute Gasteiger partial charge is 0.191 e. The number of hydrogen-bond donors (Lipinski definition) is 3. The Kier molecular flexibility index (Phi) is 11.5. The van der Waals surface area contributed by atoms with E-state index in [4.69, 9.17) is 9.47 Å². The molecule has 1 aromatic carbocycles. The number of ether oxygens (including phenoxy) is 2. The van der Waals surface area contributed by atoms with Crippen LogP contribution in [0.25, 0.3) is 0 Å². The van der Waals surface area contributed by atoms with Gasteiger partial charge >= 0.3 is 0 Å². The van der Waals surface area contributed by atoms with Gasteiger partial charge in [0.1, 0.15) is 11.5 Å². The molecule has 7 heteroatoms. The highest BCUT2D eigenvalue weighted by molar-refractivity contribution is 14.0. The molecular weight excluding hydrogens is 457 g/mol. The first-order valence-electron chi connectivity index (χ1n) is 9.60. The number of aliphatic imine (C=N–C) groups is 1. The normalized spacial score (nSPS) is 15.9. The Morgan fingerprint density at radius 1 is 1.30 bits per heavy atom. The number of nitrogens with zero attached hydrogens (tertiary/aromatic N) is 1.